The number of hydrogen-bond donors (Lipinski definition) is 1. The van der Waals surface area contributed by atoms with Crippen molar-refractivity contribution in [1.82, 2.24) is 29.9 Å². The van der Waals surface area contributed by atoms with E-state index in [0.29, 0.717) is 12.5 Å². The third-order valence-corrected chi connectivity index (χ3v) is 3.05. The molecule has 0 aromatic carbocycles. The second-order valence-electron chi connectivity index (χ2n) is 6.90. The summed E-state index contributed by atoms with van der Waals surface area (Å²) >= 11 is 0. The van der Waals surface area contributed by atoms with Gasteiger partial charge in [0.1, 0.15) is 18.7 Å². The van der Waals surface area contributed by atoms with Crippen LogP contribution in [0.4, 0.5) is 0 Å². The molecule has 6 nitrogen and oxygen atoms in total. The molecule has 2 aromatic rings. The lowest BCUT2D eigenvalue weighted by Crippen LogP contribution is -2.34. The smallest absolute Gasteiger partial charge is 0.148 e. The van der Waals surface area contributed by atoms with E-state index in [-0.39, 0.29) is 5.54 Å². The van der Waals surface area contributed by atoms with Gasteiger partial charge >= 0.3 is 0 Å². The summed E-state index contributed by atoms with van der Waals surface area (Å²) in [6.45, 7) is 13.2. The molecule has 0 aliphatic carbocycles. The lowest BCUT2D eigenvalue weighted by Gasteiger charge is -2.19. The fourth-order valence-corrected chi connectivity index (χ4v) is 2.01. The zero-order valence-corrected chi connectivity index (χ0v) is 13.7. The first-order valence-corrected chi connectivity index (χ1v) is 7.46. The molecule has 1 N–H and O–H groups in total. The average molecular weight is 290 g/mol. The van der Waals surface area contributed by atoms with Gasteiger partial charge in [0.25, 0.3) is 0 Å². The molecule has 0 saturated heterocycles. The number of nitrogens with one attached hydrogen (secondary N) is 1. The first kappa shape index (κ1) is 15.7. The van der Waals surface area contributed by atoms with Crippen LogP contribution in [0, 0.1) is 5.92 Å². The van der Waals surface area contributed by atoms with E-state index in [1.165, 1.54) is 5.56 Å². The van der Waals surface area contributed by atoms with E-state index in [1.54, 1.807) is 6.33 Å². The third-order valence-electron chi connectivity index (χ3n) is 3.05. The Morgan fingerprint density at radius 2 is 2.00 bits per heavy atom. The monoisotopic (exact) mass is 290 g/mol. The van der Waals surface area contributed by atoms with Gasteiger partial charge in [-0.1, -0.05) is 13.8 Å². The van der Waals surface area contributed by atoms with Crippen LogP contribution in [-0.2, 0) is 19.6 Å². The van der Waals surface area contributed by atoms with Crippen molar-refractivity contribution in [2.45, 2.75) is 59.8 Å². The van der Waals surface area contributed by atoms with Gasteiger partial charge in [0.15, 0.2) is 0 Å². The van der Waals surface area contributed by atoms with Crippen molar-refractivity contribution in [1.29, 1.82) is 0 Å². The summed E-state index contributed by atoms with van der Waals surface area (Å²) in [5, 5.41) is 12.1. The minimum Gasteiger partial charge on any atom is -0.308 e. The summed E-state index contributed by atoms with van der Waals surface area (Å²) in [4.78, 5) is 4.33. The maximum Gasteiger partial charge on any atom is 0.148 e. The zero-order valence-electron chi connectivity index (χ0n) is 13.7. The molecule has 0 spiro atoms. The SMILES string of the molecule is CC(C)Cn1ncnc1Cn1cc(CNC(C)(C)C)cn1. The molecule has 0 unspecified atom stereocenters. The van der Waals surface area contributed by atoms with Gasteiger partial charge < -0.3 is 5.32 Å². The normalized spacial score (nSPS) is 12.3. The van der Waals surface area contributed by atoms with E-state index in [0.717, 1.165) is 18.9 Å². The van der Waals surface area contributed by atoms with E-state index in [9.17, 15) is 0 Å². The predicted octanol–water partition coefficient (Wildman–Crippen LogP) is 2.07. The summed E-state index contributed by atoms with van der Waals surface area (Å²) in [6.07, 6.45) is 5.58. The molecule has 0 amide bonds. The number of aromatic nitrogens is 5. The average Bonchev–Trinajstić information content (AvgIpc) is 2.96. The van der Waals surface area contributed by atoms with Crippen LogP contribution in [0.3, 0.4) is 0 Å². The summed E-state index contributed by atoms with van der Waals surface area (Å²) in [5.41, 5.74) is 1.29. The molecule has 2 aromatic heterocycles. The van der Waals surface area contributed by atoms with Crippen molar-refractivity contribution in [3.63, 3.8) is 0 Å². The number of nitrogens with zero attached hydrogens (tertiary/aromatic N) is 5. The lowest BCUT2D eigenvalue weighted by atomic mass is 10.1. The van der Waals surface area contributed by atoms with Crippen LogP contribution in [0.1, 0.15) is 46.0 Å². The van der Waals surface area contributed by atoms with E-state index in [1.807, 2.05) is 15.6 Å². The molecule has 0 aliphatic rings. The van der Waals surface area contributed by atoms with Gasteiger partial charge in [-0.05, 0) is 26.7 Å². The molecule has 6 heteroatoms. The molecule has 2 heterocycles. The quantitative estimate of drug-likeness (QED) is 0.884. The highest BCUT2D eigenvalue weighted by Gasteiger charge is 2.11. The Bertz CT molecular complexity index is 561. The number of hydrogen-bond acceptors (Lipinski definition) is 4. The summed E-state index contributed by atoms with van der Waals surface area (Å²) in [7, 11) is 0. The van der Waals surface area contributed by atoms with Crippen LogP contribution < -0.4 is 5.32 Å². The van der Waals surface area contributed by atoms with Gasteiger partial charge in [0.05, 0.1) is 6.20 Å². The van der Waals surface area contributed by atoms with E-state index in [4.69, 9.17) is 0 Å². The molecular weight excluding hydrogens is 264 g/mol. The highest BCUT2D eigenvalue weighted by atomic mass is 15.4. The van der Waals surface area contributed by atoms with Gasteiger partial charge in [-0.2, -0.15) is 10.2 Å². The van der Waals surface area contributed by atoms with Crippen LogP contribution >= 0.6 is 0 Å². The standard InChI is InChI=1S/C15H26N6/c1-12(2)8-21-14(16-11-19-21)10-20-9-13(7-18-20)6-17-15(3,4)5/h7,9,11-12,17H,6,8,10H2,1-5H3. The minimum atomic E-state index is 0.111. The molecular formula is C15H26N6. The molecule has 0 saturated carbocycles. The summed E-state index contributed by atoms with van der Waals surface area (Å²) in [6, 6.07) is 0. The van der Waals surface area contributed by atoms with Crippen LogP contribution in [0.5, 0.6) is 0 Å². The van der Waals surface area contributed by atoms with Gasteiger partial charge in [0, 0.05) is 30.4 Å². The van der Waals surface area contributed by atoms with Crippen LogP contribution in [0.15, 0.2) is 18.7 Å². The number of rotatable bonds is 6. The first-order chi connectivity index (χ1) is 9.83. The molecule has 0 atom stereocenters. The fraction of sp³-hybridized carbons (Fsp3) is 0.667. The molecule has 116 valence electrons. The molecule has 0 aliphatic heterocycles. The second-order valence-corrected chi connectivity index (χ2v) is 6.90. The molecule has 0 bridgehead atoms. The van der Waals surface area contributed by atoms with Crippen LogP contribution in [-0.4, -0.2) is 30.1 Å². The maximum absolute atomic E-state index is 4.41. The maximum atomic E-state index is 4.41. The van der Waals surface area contributed by atoms with Crippen molar-refractivity contribution < 1.29 is 0 Å². The van der Waals surface area contributed by atoms with Crippen molar-refractivity contribution in [2.75, 3.05) is 0 Å². The van der Waals surface area contributed by atoms with Gasteiger partial charge in [-0.15, -0.1) is 0 Å². The predicted molar refractivity (Wildman–Crippen MR) is 82.8 cm³/mol. The molecule has 0 radical (unpaired) electrons. The Morgan fingerprint density at radius 3 is 2.67 bits per heavy atom. The summed E-state index contributed by atoms with van der Waals surface area (Å²) in [5.74, 6) is 1.50. The molecule has 0 fully saturated rings. The van der Waals surface area contributed by atoms with Gasteiger partial charge in [-0.3, -0.25) is 4.68 Å². The fourth-order valence-electron chi connectivity index (χ4n) is 2.01. The Kier molecular flexibility index (Phi) is 4.77. The summed E-state index contributed by atoms with van der Waals surface area (Å²) < 4.78 is 3.87. The Labute approximate surface area is 126 Å². The minimum absolute atomic E-state index is 0.111. The Balaban J connectivity index is 1.98. The van der Waals surface area contributed by atoms with Crippen molar-refractivity contribution in [3.8, 4) is 0 Å². The Morgan fingerprint density at radius 1 is 1.24 bits per heavy atom. The van der Waals surface area contributed by atoms with Gasteiger partial charge in [-0.25, -0.2) is 9.67 Å². The molecule has 21 heavy (non-hydrogen) atoms. The topological polar surface area (TPSA) is 60.6 Å². The first-order valence-electron chi connectivity index (χ1n) is 7.46. The van der Waals surface area contributed by atoms with Crippen LogP contribution in [0.25, 0.3) is 0 Å². The lowest BCUT2D eigenvalue weighted by molar-refractivity contribution is 0.424. The zero-order chi connectivity index (χ0) is 15.5. The van der Waals surface area contributed by atoms with E-state index < -0.39 is 0 Å². The van der Waals surface area contributed by atoms with Crippen molar-refractivity contribution in [3.05, 3.63) is 30.1 Å². The van der Waals surface area contributed by atoms with E-state index in [2.05, 4.69) is 61.3 Å². The highest BCUT2D eigenvalue weighted by molar-refractivity contribution is 5.05. The van der Waals surface area contributed by atoms with Crippen molar-refractivity contribution in [2.24, 2.45) is 5.92 Å². The highest BCUT2D eigenvalue weighted by Crippen LogP contribution is 2.06. The Hall–Kier alpha value is -1.69. The largest absolute Gasteiger partial charge is 0.308 e. The third kappa shape index (κ3) is 4.97. The van der Waals surface area contributed by atoms with Gasteiger partial charge in [0.2, 0.25) is 0 Å². The van der Waals surface area contributed by atoms with Crippen LogP contribution in [0.2, 0.25) is 0 Å². The van der Waals surface area contributed by atoms with Crippen molar-refractivity contribution >= 4 is 0 Å². The second kappa shape index (κ2) is 6.39. The molecule has 2 rings (SSSR count). The van der Waals surface area contributed by atoms with E-state index >= 15 is 0 Å².